The van der Waals surface area contributed by atoms with Crippen molar-refractivity contribution >= 4 is 5.91 Å². The van der Waals surface area contributed by atoms with E-state index in [1.165, 1.54) is 12.3 Å². The van der Waals surface area contributed by atoms with E-state index in [1.807, 2.05) is 12.1 Å². The molecule has 4 rings (SSSR count). The second kappa shape index (κ2) is 9.09. The number of hydrogen-bond acceptors (Lipinski definition) is 7. The Morgan fingerprint density at radius 1 is 1.35 bits per heavy atom. The lowest BCUT2D eigenvalue weighted by atomic mass is 9.95. The third-order valence-electron chi connectivity index (χ3n) is 5.26. The van der Waals surface area contributed by atoms with Crippen LogP contribution in [0.25, 0.3) is 11.1 Å². The summed E-state index contributed by atoms with van der Waals surface area (Å²) >= 11 is 0. The molecular formula is C22H20FN5O3. The number of benzene rings is 1. The number of halogens is 1. The molecule has 31 heavy (non-hydrogen) atoms. The van der Waals surface area contributed by atoms with Gasteiger partial charge in [0, 0.05) is 42.5 Å². The van der Waals surface area contributed by atoms with Gasteiger partial charge < -0.3 is 20.1 Å². The van der Waals surface area contributed by atoms with E-state index in [4.69, 9.17) is 14.7 Å². The van der Waals surface area contributed by atoms with Crippen molar-refractivity contribution in [3.8, 4) is 29.0 Å². The minimum atomic E-state index is -0.914. The van der Waals surface area contributed by atoms with Gasteiger partial charge in [-0.05, 0) is 36.7 Å². The number of carbonyl (C=O) groups excluding carboxylic acids is 1. The smallest absolute Gasteiger partial charge is 0.251 e. The van der Waals surface area contributed by atoms with Gasteiger partial charge in [-0.3, -0.25) is 4.79 Å². The molecule has 1 fully saturated rings. The molecule has 0 spiro atoms. The largest absolute Gasteiger partial charge is 0.488 e. The number of nitrogens with zero attached hydrogens (tertiary/aromatic N) is 3. The quantitative estimate of drug-likeness (QED) is 0.769. The SMILES string of the molecule is N#Cc1cc2c(cn1)-c1cc(F)c(CC(C#N)NC(=O)[C@@H]3CNCCCO3)cc1OC2. The Morgan fingerprint density at radius 3 is 3.03 bits per heavy atom. The summed E-state index contributed by atoms with van der Waals surface area (Å²) in [5.74, 6) is -0.444. The molecule has 0 radical (unpaired) electrons. The zero-order valence-corrected chi connectivity index (χ0v) is 16.7. The summed E-state index contributed by atoms with van der Waals surface area (Å²) in [7, 11) is 0. The normalized spacial score (nSPS) is 18.2. The van der Waals surface area contributed by atoms with E-state index in [0.29, 0.717) is 30.0 Å². The Kier molecular flexibility index (Phi) is 6.08. The zero-order valence-electron chi connectivity index (χ0n) is 16.7. The zero-order chi connectivity index (χ0) is 21.8. The molecule has 8 nitrogen and oxygen atoms in total. The van der Waals surface area contributed by atoms with Gasteiger partial charge in [-0.2, -0.15) is 10.5 Å². The van der Waals surface area contributed by atoms with Crippen molar-refractivity contribution in [1.82, 2.24) is 15.6 Å². The van der Waals surface area contributed by atoms with Crippen molar-refractivity contribution in [3.05, 3.63) is 47.0 Å². The summed E-state index contributed by atoms with van der Waals surface area (Å²) < 4.78 is 26.1. The maximum absolute atomic E-state index is 14.9. The minimum absolute atomic E-state index is 0.0106. The maximum atomic E-state index is 14.9. The van der Waals surface area contributed by atoms with Gasteiger partial charge in [-0.15, -0.1) is 0 Å². The number of carbonyl (C=O) groups is 1. The van der Waals surface area contributed by atoms with Crippen molar-refractivity contribution in [2.24, 2.45) is 0 Å². The van der Waals surface area contributed by atoms with Crippen molar-refractivity contribution in [3.63, 3.8) is 0 Å². The van der Waals surface area contributed by atoms with E-state index in [1.54, 1.807) is 12.1 Å². The molecule has 1 aromatic heterocycles. The van der Waals surface area contributed by atoms with Crippen molar-refractivity contribution < 1.29 is 18.7 Å². The number of ether oxygens (including phenoxy) is 2. The van der Waals surface area contributed by atoms with Crippen LogP contribution in [-0.2, 0) is 22.6 Å². The van der Waals surface area contributed by atoms with Crippen LogP contribution in [0.3, 0.4) is 0 Å². The maximum Gasteiger partial charge on any atom is 0.251 e. The third kappa shape index (κ3) is 4.48. The molecule has 158 valence electrons. The first-order valence-electron chi connectivity index (χ1n) is 9.96. The van der Waals surface area contributed by atoms with Crippen molar-refractivity contribution in [2.75, 3.05) is 19.7 Å². The van der Waals surface area contributed by atoms with Gasteiger partial charge in [0.15, 0.2) is 0 Å². The molecule has 2 atom stereocenters. The topological polar surface area (TPSA) is 120 Å². The molecule has 2 aliphatic heterocycles. The fourth-order valence-corrected chi connectivity index (χ4v) is 3.65. The van der Waals surface area contributed by atoms with E-state index in [-0.39, 0.29) is 24.3 Å². The van der Waals surface area contributed by atoms with Crippen LogP contribution in [0.5, 0.6) is 5.75 Å². The number of nitriles is 2. The van der Waals surface area contributed by atoms with Gasteiger partial charge in [-0.25, -0.2) is 9.37 Å². The lowest BCUT2D eigenvalue weighted by Gasteiger charge is -2.22. The van der Waals surface area contributed by atoms with Gasteiger partial charge in [0.05, 0.1) is 6.07 Å². The summed E-state index contributed by atoms with van der Waals surface area (Å²) in [5.41, 5.74) is 2.52. The first kappa shape index (κ1) is 20.7. The number of hydrogen-bond donors (Lipinski definition) is 2. The highest BCUT2D eigenvalue weighted by atomic mass is 19.1. The number of aromatic nitrogens is 1. The van der Waals surface area contributed by atoms with Crippen LogP contribution in [0.4, 0.5) is 4.39 Å². The number of rotatable bonds is 4. The molecule has 1 aromatic carbocycles. The predicted octanol–water partition coefficient (Wildman–Crippen LogP) is 1.58. The highest BCUT2D eigenvalue weighted by Crippen LogP contribution is 2.39. The molecule has 9 heteroatoms. The molecule has 2 N–H and O–H groups in total. The van der Waals surface area contributed by atoms with Crippen molar-refractivity contribution in [1.29, 1.82) is 10.5 Å². The molecule has 1 unspecified atom stereocenters. The summed E-state index contributed by atoms with van der Waals surface area (Å²) in [6.45, 7) is 1.83. The van der Waals surface area contributed by atoms with E-state index in [9.17, 15) is 14.4 Å². The van der Waals surface area contributed by atoms with E-state index < -0.39 is 23.9 Å². The van der Waals surface area contributed by atoms with Crippen LogP contribution in [0, 0.1) is 28.5 Å². The Hall–Kier alpha value is -3.53. The molecular weight excluding hydrogens is 401 g/mol. The molecule has 0 aliphatic carbocycles. The van der Waals surface area contributed by atoms with Crippen LogP contribution < -0.4 is 15.4 Å². The number of pyridine rings is 1. The second-order valence-corrected chi connectivity index (χ2v) is 7.38. The van der Waals surface area contributed by atoms with E-state index in [2.05, 4.69) is 15.6 Å². The summed E-state index contributed by atoms with van der Waals surface area (Å²) in [6, 6.07) is 7.58. The molecule has 1 saturated heterocycles. The van der Waals surface area contributed by atoms with Crippen LogP contribution >= 0.6 is 0 Å². The Bertz CT molecular complexity index is 1080. The minimum Gasteiger partial charge on any atom is -0.488 e. The van der Waals surface area contributed by atoms with Crippen LogP contribution in [-0.4, -0.2) is 42.7 Å². The molecule has 0 bridgehead atoms. The number of fused-ring (bicyclic) bond motifs is 3. The highest BCUT2D eigenvalue weighted by molar-refractivity contribution is 5.81. The van der Waals surface area contributed by atoms with Gasteiger partial charge in [0.1, 0.15) is 42.1 Å². The summed E-state index contributed by atoms with van der Waals surface area (Å²) in [4.78, 5) is 16.5. The Balaban J connectivity index is 1.52. The van der Waals surface area contributed by atoms with Gasteiger partial charge >= 0.3 is 0 Å². The average Bonchev–Trinajstić information content (AvgIpc) is 3.08. The summed E-state index contributed by atoms with van der Waals surface area (Å²) in [6.07, 6.45) is 1.65. The van der Waals surface area contributed by atoms with E-state index in [0.717, 1.165) is 18.5 Å². The van der Waals surface area contributed by atoms with E-state index >= 15 is 0 Å². The molecule has 3 heterocycles. The lowest BCUT2D eigenvalue weighted by molar-refractivity contribution is -0.132. The highest BCUT2D eigenvalue weighted by Gasteiger charge is 2.26. The Labute approximate surface area is 178 Å². The first-order valence-corrected chi connectivity index (χ1v) is 9.96. The second-order valence-electron chi connectivity index (χ2n) is 7.38. The van der Waals surface area contributed by atoms with Crippen LogP contribution in [0.1, 0.15) is 23.2 Å². The fraction of sp³-hybridized carbons (Fsp3) is 0.364. The number of nitrogens with one attached hydrogen (secondary N) is 2. The lowest BCUT2D eigenvalue weighted by Crippen LogP contribution is -2.46. The van der Waals surface area contributed by atoms with Crippen LogP contribution in [0.2, 0.25) is 0 Å². The van der Waals surface area contributed by atoms with Gasteiger partial charge in [-0.1, -0.05) is 0 Å². The standard InChI is InChI=1S/C22H20FN5O3/c23-19-7-17-18-10-27-15(8-24)5-14(18)12-31-20(17)6-13(19)4-16(9-25)28-22(29)21-11-26-2-1-3-30-21/h5-7,10,16,21,26H,1-4,11-12H2,(H,28,29)/t16?,21-/m0/s1. The predicted molar refractivity (Wildman–Crippen MR) is 107 cm³/mol. The van der Waals surface area contributed by atoms with Crippen LogP contribution in [0.15, 0.2) is 24.4 Å². The average molecular weight is 421 g/mol. The molecule has 2 aromatic rings. The number of amides is 1. The Morgan fingerprint density at radius 2 is 2.23 bits per heavy atom. The monoisotopic (exact) mass is 421 g/mol. The molecule has 1 amide bonds. The summed E-state index contributed by atoms with van der Waals surface area (Å²) in [5, 5.41) is 24.2. The van der Waals surface area contributed by atoms with Gasteiger partial charge in [0.25, 0.3) is 5.91 Å². The molecule has 0 saturated carbocycles. The first-order chi connectivity index (χ1) is 15.1. The van der Waals surface area contributed by atoms with Gasteiger partial charge in [0.2, 0.25) is 0 Å². The molecule has 2 aliphatic rings. The van der Waals surface area contributed by atoms with Crippen molar-refractivity contribution in [2.45, 2.75) is 31.6 Å². The fourth-order valence-electron chi connectivity index (χ4n) is 3.65. The third-order valence-corrected chi connectivity index (χ3v) is 5.26.